The van der Waals surface area contributed by atoms with Crippen molar-refractivity contribution in [2.45, 2.75) is 50.6 Å². The van der Waals surface area contributed by atoms with E-state index in [2.05, 4.69) is 37.2 Å². The molecule has 0 spiro atoms. The normalized spacial score (nSPS) is 28.7. The number of rotatable bonds is 5. The minimum atomic E-state index is -0.592. The fourth-order valence-corrected chi connectivity index (χ4v) is 2.96. The van der Waals surface area contributed by atoms with Gasteiger partial charge in [-0.15, -0.1) is 12.3 Å². The molecule has 3 atom stereocenters. The van der Waals surface area contributed by atoms with Crippen molar-refractivity contribution in [3.05, 3.63) is 0 Å². The van der Waals surface area contributed by atoms with Crippen LogP contribution in [0.3, 0.4) is 0 Å². The van der Waals surface area contributed by atoms with Gasteiger partial charge in [0.1, 0.15) is 0 Å². The summed E-state index contributed by atoms with van der Waals surface area (Å²) in [6.45, 7) is 2.94. The number of nitrogens with zero attached hydrogens (tertiary/aromatic N) is 1. The van der Waals surface area contributed by atoms with Crippen molar-refractivity contribution < 1.29 is 4.79 Å². The molecule has 1 aliphatic rings. The van der Waals surface area contributed by atoms with E-state index in [0.717, 1.165) is 12.8 Å². The van der Waals surface area contributed by atoms with E-state index in [1.54, 1.807) is 0 Å². The highest BCUT2D eigenvalue weighted by atomic mass is 16.2. The van der Waals surface area contributed by atoms with Crippen molar-refractivity contribution in [3.63, 3.8) is 0 Å². The molecule has 1 aliphatic carbocycles. The van der Waals surface area contributed by atoms with Crippen molar-refractivity contribution in [1.29, 1.82) is 0 Å². The lowest BCUT2D eigenvalue weighted by atomic mass is 9.75. The van der Waals surface area contributed by atoms with Gasteiger partial charge in [0.05, 0.1) is 6.04 Å². The first-order chi connectivity index (χ1) is 8.91. The Balaban J connectivity index is 2.60. The Bertz CT molecular complexity index is 348. The van der Waals surface area contributed by atoms with Gasteiger partial charge in [0, 0.05) is 18.5 Å². The molecule has 1 rings (SSSR count). The van der Waals surface area contributed by atoms with Gasteiger partial charge in [-0.3, -0.25) is 4.79 Å². The lowest BCUT2D eigenvalue weighted by Crippen LogP contribution is -2.56. The number of likely N-dealkylation sites (N-methyl/N-ethyl adjacent to an activating group) is 1. The van der Waals surface area contributed by atoms with Gasteiger partial charge in [-0.25, -0.2) is 0 Å². The predicted molar refractivity (Wildman–Crippen MR) is 78.5 cm³/mol. The number of hydrogen-bond acceptors (Lipinski definition) is 3. The molecule has 0 bridgehead atoms. The maximum atomic E-state index is 11.9. The van der Waals surface area contributed by atoms with E-state index in [4.69, 9.17) is 12.2 Å². The molecule has 1 saturated carbocycles. The number of carbonyl (C=O) groups excluding carboxylic acids is 1. The zero-order valence-electron chi connectivity index (χ0n) is 12.4. The molecule has 3 unspecified atom stereocenters. The number of nitrogens with two attached hydrogens (primary N) is 1. The smallest absolute Gasteiger partial charge is 0.237 e. The fourth-order valence-electron chi connectivity index (χ4n) is 2.96. The van der Waals surface area contributed by atoms with Gasteiger partial charge in [-0.05, 0) is 32.9 Å². The van der Waals surface area contributed by atoms with Crippen LogP contribution in [0.15, 0.2) is 0 Å². The average Bonchev–Trinajstić information content (AvgIpc) is 2.36. The molecule has 0 aliphatic heterocycles. The highest BCUT2D eigenvalue weighted by Gasteiger charge is 2.37. The van der Waals surface area contributed by atoms with E-state index >= 15 is 0 Å². The molecule has 4 heteroatoms. The van der Waals surface area contributed by atoms with Crippen molar-refractivity contribution in [1.82, 2.24) is 10.2 Å². The molecular weight excluding hydrogens is 238 g/mol. The molecule has 0 heterocycles. The fraction of sp³-hybridized carbons (Fsp3) is 0.800. The molecule has 19 heavy (non-hydrogen) atoms. The van der Waals surface area contributed by atoms with Crippen LogP contribution < -0.4 is 11.1 Å². The van der Waals surface area contributed by atoms with Crippen LogP contribution in [0.1, 0.15) is 39.0 Å². The largest absolute Gasteiger partial charge is 0.353 e. The first-order valence-corrected chi connectivity index (χ1v) is 7.05. The van der Waals surface area contributed by atoms with Crippen LogP contribution in [-0.4, -0.2) is 43.0 Å². The number of carbonyl (C=O) groups is 1. The second-order valence-electron chi connectivity index (χ2n) is 6.05. The molecule has 1 amide bonds. The predicted octanol–water partition coefficient (Wildman–Crippen LogP) is 0.964. The third-order valence-corrected chi connectivity index (χ3v) is 4.28. The third kappa shape index (κ3) is 4.22. The molecule has 0 aromatic rings. The van der Waals surface area contributed by atoms with E-state index in [0.29, 0.717) is 12.5 Å². The number of nitrogens with one attached hydrogen (secondary N) is 1. The van der Waals surface area contributed by atoms with Crippen LogP contribution in [0, 0.1) is 18.3 Å². The quantitative estimate of drug-likeness (QED) is 0.728. The zero-order chi connectivity index (χ0) is 14.5. The van der Waals surface area contributed by atoms with Gasteiger partial charge >= 0.3 is 0 Å². The lowest BCUT2D eigenvalue weighted by Gasteiger charge is -2.45. The summed E-state index contributed by atoms with van der Waals surface area (Å²) in [5.41, 5.74) is 5.78. The summed E-state index contributed by atoms with van der Waals surface area (Å²) in [5, 5.41) is 2.98. The van der Waals surface area contributed by atoms with Gasteiger partial charge in [0.15, 0.2) is 0 Å². The molecule has 108 valence electrons. The maximum Gasteiger partial charge on any atom is 0.237 e. The summed E-state index contributed by atoms with van der Waals surface area (Å²) >= 11 is 0. The third-order valence-electron chi connectivity index (χ3n) is 4.28. The summed E-state index contributed by atoms with van der Waals surface area (Å²) in [5.74, 6) is 2.99. The second-order valence-corrected chi connectivity index (χ2v) is 6.05. The summed E-state index contributed by atoms with van der Waals surface area (Å²) in [6.07, 6.45) is 10.2. The van der Waals surface area contributed by atoms with Gasteiger partial charge in [0.25, 0.3) is 0 Å². The van der Waals surface area contributed by atoms with Crippen LogP contribution >= 0.6 is 0 Å². The first-order valence-electron chi connectivity index (χ1n) is 7.05. The Morgan fingerprint density at radius 1 is 1.63 bits per heavy atom. The van der Waals surface area contributed by atoms with E-state index in [9.17, 15) is 4.79 Å². The highest BCUT2D eigenvalue weighted by molar-refractivity contribution is 5.81. The Morgan fingerprint density at radius 3 is 2.84 bits per heavy atom. The van der Waals surface area contributed by atoms with Crippen LogP contribution in [0.2, 0.25) is 0 Å². The van der Waals surface area contributed by atoms with Crippen molar-refractivity contribution >= 4 is 5.91 Å². The van der Waals surface area contributed by atoms with E-state index < -0.39 is 6.04 Å². The Labute approximate surface area is 117 Å². The Kier molecular flexibility index (Phi) is 5.84. The van der Waals surface area contributed by atoms with Gasteiger partial charge in [-0.1, -0.05) is 19.8 Å². The minimum absolute atomic E-state index is 0.0587. The lowest BCUT2D eigenvalue weighted by molar-refractivity contribution is -0.123. The number of hydrogen-bond donors (Lipinski definition) is 2. The standard InChI is InChI=1S/C15H27N3O/c1-5-7-13(16)14(19)17-11-15(18(3)4)9-6-8-12(2)10-15/h1,12-13H,6-11,16H2,2-4H3,(H,17,19). The summed E-state index contributed by atoms with van der Waals surface area (Å²) in [6, 6.07) is -0.592. The number of terminal acetylenes is 1. The molecule has 3 N–H and O–H groups in total. The molecule has 1 fully saturated rings. The summed E-state index contributed by atoms with van der Waals surface area (Å²) in [7, 11) is 4.18. The summed E-state index contributed by atoms with van der Waals surface area (Å²) < 4.78 is 0. The van der Waals surface area contributed by atoms with Crippen molar-refractivity contribution in [2.24, 2.45) is 11.7 Å². The Morgan fingerprint density at radius 2 is 2.32 bits per heavy atom. The molecule has 0 radical (unpaired) electrons. The average molecular weight is 265 g/mol. The van der Waals surface area contributed by atoms with Crippen LogP contribution in [0.25, 0.3) is 0 Å². The SMILES string of the molecule is C#CCC(N)C(=O)NCC1(N(C)C)CCCC(C)C1. The number of amides is 1. The van der Waals surface area contributed by atoms with Crippen molar-refractivity contribution in [2.75, 3.05) is 20.6 Å². The van der Waals surface area contributed by atoms with E-state index in [1.807, 2.05) is 0 Å². The molecule has 0 aromatic heterocycles. The van der Waals surface area contributed by atoms with Gasteiger partial charge in [-0.2, -0.15) is 0 Å². The highest BCUT2D eigenvalue weighted by Crippen LogP contribution is 2.35. The van der Waals surface area contributed by atoms with Crippen LogP contribution in [-0.2, 0) is 4.79 Å². The molecular formula is C15H27N3O. The second kappa shape index (κ2) is 6.93. The van der Waals surface area contributed by atoms with Crippen LogP contribution in [0.4, 0.5) is 0 Å². The van der Waals surface area contributed by atoms with Gasteiger partial charge in [0.2, 0.25) is 5.91 Å². The molecule has 4 nitrogen and oxygen atoms in total. The van der Waals surface area contributed by atoms with Gasteiger partial charge < -0.3 is 16.0 Å². The summed E-state index contributed by atoms with van der Waals surface area (Å²) in [4.78, 5) is 14.1. The Hall–Kier alpha value is -1.05. The first kappa shape index (κ1) is 16.0. The topological polar surface area (TPSA) is 58.4 Å². The minimum Gasteiger partial charge on any atom is -0.353 e. The molecule has 0 aromatic carbocycles. The monoisotopic (exact) mass is 265 g/mol. The maximum absolute atomic E-state index is 11.9. The van der Waals surface area contributed by atoms with E-state index in [-0.39, 0.29) is 17.9 Å². The zero-order valence-corrected chi connectivity index (χ0v) is 12.4. The van der Waals surface area contributed by atoms with Crippen LogP contribution in [0.5, 0.6) is 0 Å². The van der Waals surface area contributed by atoms with Crippen molar-refractivity contribution in [3.8, 4) is 12.3 Å². The molecule has 0 saturated heterocycles. The van der Waals surface area contributed by atoms with E-state index in [1.165, 1.54) is 12.8 Å².